The van der Waals surface area contributed by atoms with Crippen LogP contribution in [-0.4, -0.2) is 40.7 Å². The first kappa shape index (κ1) is 31.0. The molecule has 0 fully saturated rings. The lowest BCUT2D eigenvalue weighted by molar-refractivity contribution is -0.174. The van der Waals surface area contributed by atoms with Gasteiger partial charge in [-0.05, 0) is 36.8 Å². The highest BCUT2D eigenvalue weighted by Gasteiger charge is 2.40. The molecule has 0 aliphatic heterocycles. The number of carbonyl (C=O) groups is 3. The average molecular weight is 518 g/mol. The zero-order valence-corrected chi connectivity index (χ0v) is 21.3. The number of rotatable bonds is 18. The van der Waals surface area contributed by atoms with Gasteiger partial charge in [0.2, 0.25) is 0 Å². The molecule has 1 aromatic rings. The number of amides is 1. The Kier molecular flexibility index (Phi) is 14.7. The number of ketones is 1. The first-order valence-electron chi connectivity index (χ1n) is 12.4. The Labute approximate surface area is 211 Å². The predicted octanol–water partition coefficient (Wildman–Crippen LogP) is 6.25. The highest BCUT2D eigenvalue weighted by molar-refractivity contribution is 7.80. The zero-order chi connectivity index (χ0) is 26.3. The molecule has 2 unspecified atom stereocenters. The summed E-state index contributed by atoms with van der Waals surface area (Å²) in [6.07, 6.45) is 5.50. The summed E-state index contributed by atoms with van der Waals surface area (Å²) in [7, 11) is 0. The van der Waals surface area contributed by atoms with E-state index in [1.807, 2.05) is 24.3 Å². The van der Waals surface area contributed by atoms with Gasteiger partial charge >= 0.3 is 18.1 Å². The molecule has 0 aliphatic rings. The molecule has 0 radical (unpaired) electrons. The van der Waals surface area contributed by atoms with E-state index in [-0.39, 0.29) is 12.2 Å². The Morgan fingerprint density at radius 3 is 2.09 bits per heavy atom. The number of carboxylic acid groups (broad SMARTS) is 1. The number of benzene rings is 1. The fourth-order valence-corrected chi connectivity index (χ4v) is 4.22. The van der Waals surface area contributed by atoms with Gasteiger partial charge in [-0.2, -0.15) is 25.8 Å². The first-order chi connectivity index (χ1) is 16.6. The Balaban J connectivity index is 2.46. The van der Waals surface area contributed by atoms with Crippen molar-refractivity contribution in [2.75, 3.05) is 5.75 Å². The molecule has 2 atom stereocenters. The van der Waals surface area contributed by atoms with E-state index >= 15 is 0 Å². The van der Waals surface area contributed by atoms with E-state index in [9.17, 15) is 32.7 Å². The largest absolute Gasteiger partial charge is 0.481 e. The molecule has 0 heterocycles. The molecule has 0 bridgehead atoms. The summed E-state index contributed by atoms with van der Waals surface area (Å²) in [4.78, 5) is 35.0. The Hall–Kier alpha value is -2.03. The summed E-state index contributed by atoms with van der Waals surface area (Å²) in [5.74, 6) is -4.65. The lowest BCUT2D eigenvalue weighted by Crippen LogP contribution is -2.47. The van der Waals surface area contributed by atoms with Gasteiger partial charge in [-0.3, -0.25) is 14.4 Å². The maximum Gasteiger partial charge on any atom is 0.471 e. The number of halogens is 3. The molecule has 1 aromatic carbocycles. The van der Waals surface area contributed by atoms with Gasteiger partial charge in [-0.15, -0.1) is 0 Å². The Morgan fingerprint density at radius 1 is 0.943 bits per heavy atom. The number of carboxylic acids is 1. The highest BCUT2D eigenvalue weighted by Crippen LogP contribution is 2.24. The van der Waals surface area contributed by atoms with Crippen LogP contribution < -0.4 is 5.32 Å². The molecule has 198 valence electrons. The summed E-state index contributed by atoms with van der Waals surface area (Å²) in [6, 6.07) is 6.28. The van der Waals surface area contributed by atoms with E-state index in [1.54, 1.807) is 5.32 Å². The van der Waals surface area contributed by atoms with Crippen molar-refractivity contribution in [3.05, 3.63) is 35.4 Å². The quantitative estimate of drug-likeness (QED) is 0.159. The van der Waals surface area contributed by atoms with Crippen molar-refractivity contribution in [2.24, 2.45) is 0 Å². The Bertz CT molecular complexity index is 784. The highest BCUT2D eigenvalue weighted by atomic mass is 32.1. The first-order valence-corrected chi connectivity index (χ1v) is 13.1. The van der Waals surface area contributed by atoms with Crippen LogP contribution >= 0.6 is 12.6 Å². The van der Waals surface area contributed by atoms with Crippen LogP contribution in [-0.2, 0) is 20.8 Å². The van der Waals surface area contributed by atoms with Crippen LogP contribution in [0.2, 0.25) is 0 Å². The molecular formula is C26H38F3NO4S. The van der Waals surface area contributed by atoms with Crippen molar-refractivity contribution in [2.45, 2.75) is 102 Å². The van der Waals surface area contributed by atoms with Gasteiger partial charge in [0.1, 0.15) is 0 Å². The minimum atomic E-state index is -5.07. The number of thiol groups is 1. The van der Waals surface area contributed by atoms with E-state index in [0.29, 0.717) is 24.8 Å². The summed E-state index contributed by atoms with van der Waals surface area (Å²) in [6.45, 7) is 2.20. The molecule has 0 aliphatic carbocycles. The molecular weight excluding hydrogens is 479 g/mol. The third kappa shape index (κ3) is 12.5. The van der Waals surface area contributed by atoms with Crippen LogP contribution in [0.1, 0.15) is 94.6 Å². The van der Waals surface area contributed by atoms with Gasteiger partial charge < -0.3 is 10.4 Å². The number of aryl methyl sites for hydroxylation is 1. The molecule has 0 spiro atoms. The van der Waals surface area contributed by atoms with E-state index in [0.717, 1.165) is 12.8 Å². The average Bonchev–Trinajstić information content (AvgIpc) is 2.81. The third-order valence-electron chi connectivity index (χ3n) is 6.05. The summed E-state index contributed by atoms with van der Waals surface area (Å²) >= 11 is 3.85. The summed E-state index contributed by atoms with van der Waals surface area (Å²) < 4.78 is 37.2. The third-order valence-corrected chi connectivity index (χ3v) is 6.41. The molecule has 2 N–H and O–H groups in total. The van der Waals surface area contributed by atoms with Crippen molar-refractivity contribution in [1.82, 2.24) is 5.32 Å². The smallest absolute Gasteiger partial charge is 0.471 e. The van der Waals surface area contributed by atoms with Crippen molar-refractivity contribution in [3.63, 3.8) is 0 Å². The minimum Gasteiger partial charge on any atom is -0.481 e. The fraction of sp³-hybridized carbons (Fsp3) is 0.654. The van der Waals surface area contributed by atoms with Gasteiger partial charge in [0.15, 0.2) is 5.78 Å². The second kappa shape index (κ2) is 16.6. The Morgan fingerprint density at radius 2 is 1.54 bits per heavy atom. The lowest BCUT2D eigenvalue weighted by atomic mass is 9.91. The van der Waals surface area contributed by atoms with Crippen LogP contribution in [0.5, 0.6) is 0 Å². The van der Waals surface area contributed by atoms with E-state index in [4.69, 9.17) is 0 Å². The van der Waals surface area contributed by atoms with Gasteiger partial charge in [0.05, 0.1) is 12.0 Å². The lowest BCUT2D eigenvalue weighted by Gasteiger charge is -2.17. The normalized spacial score (nSPS) is 13.3. The number of aliphatic carboxylic acids is 1. The number of carbonyl (C=O) groups excluding carboxylic acids is 2. The summed E-state index contributed by atoms with van der Waals surface area (Å²) in [5.41, 5.74) is 1.87. The second-order valence-corrected chi connectivity index (χ2v) is 9.29. The van der Waals surface area contributed by atoms with E-state index < -0.39 is 35.8 Å². The molecule has 1 amide bonds. The standard InChI is InChI=1S/C26H38F3NO4S/c1-2-3-4-5-6-7-8-11-19-14-16-20(17-15-19)21(24(32)33)12-9-10-13-23(31)22(18-35)30-25(34)26(27,28)29/h14-17,21-22,35H,2-13,18H2,1H3,(H,30,34)(H,32,33). The predicted molar refractivity (Wildman–Crippen MR) is 134 cm³/mol. The SMILES string of the molecule is CCCCCCCCCc1ccc(C(CCCCC(=O)C(CS)NC(=O)C(F)(F)F)C(=O)O)cc1. The number of hydrogen-bond donors (Lipinski definition) is 3. The van der Waals surface area contributed by atoms with Crippen LogP contribution in [0, 0.1) is 0 Å². The number of nitrogens with one attached hydrogen (secondary N) is 1. The summed E-state index contributed by atoms with van der Waals surface area (Å²) in [5, 5.41) is 11.3. The maximum atomic E-state index is 12.4. The molecule has 35 heavy (non-hydrogen) atoms. The van der Waals surface area contributed by atoms with Crippen LogP contribution in [0.15, 0.2) is 24.3 Å². The number of hydrogen-bond acceptors (Lipinski definition) is 4. The van der Waals surface area contributed by atoms with Gasteiger partial charge in [-0.1, -0.05) is 76.1 Å². The zero-order valence-electron chi connectivity index (χ0n) is 20.4. The fourth-order valence-electron chi connectivity index (χ4n) is 3.93. The van der Waals surface area contributed by atoms with Crippen molar-refractivity contribution >= 4 is 30.3 Å². The van der Waals surface area contributed by atoms with Crippen LogP contribution in [0.3, 0.4) is 0 Å². The van der Waals surface area contributed by atoms with Crippen LogP contribution in [0.25, 0.3) is 0 Å². The molecule has 9 heteroatoms. The van der Waals surface area contributed by atoms with Crippen molar-refractivity contribution < 1.29 is 32.7 Å². The molecule has 5 nitrogen and oxygen atoms in total. The van der Waals surface area contributed by atoms with E-state index in [2.05, 4.69) is 19.6 Å². The van der Waals surface area contributed by atoms with Gasteiger partial charge in [0.25, 0.3) is 0 Å². The van der Waals surface area contributed by atoms with E-state index in [1.165, 1.54) is 44.1 Å². The van der Waals surface area contributed by atoms with Gasteiger partial charge in [-0.25, -0.2) is 0 Å². The molecule has 1 rings (SSSR count). The van der Waals surface area contributed by atoms with Gasteiger partial charge in [0, 0.05) is 12.2 Å². The monoisotopic (exact) mass is 517 g/mol. The number of Topliss-reactive ketones (excluding diaryl/α,β-unsaturated/α-hetero) is 1. The van der Waals surface area contributed by atoms with Crippen LogP contribution in [0.4, 0.5) is 13.2 Å². The van der Waals surface area contributed by atoms with Crippen molar-refractivity contribution in [3.8, 4) is 0 Å². The topological polar surface area (TPSA) is 83.5 Å². The molecule has 0 aromatic heterocycles. The second-order valence-electron chi connectivity index (χ2n) is 8.92. The van der Waals surface area contributed by atoms with Crippen molar-refractivity contribution in [1.29, 1.82) is 0 Å². The number of unbranched alkanes of at least 4 members (excludes halogenated alkanes) is 7. The molecule has 0 saturated carbocycles. The minimum absolute atomic E-state index is 0.0624. The molecule has 0 saturated heterocycles. The number of alkyl halides is 3. The maximum absolute atomic E-state index is 12.4.